The molecule has 1 fully saturated rings. The number of aromatic nitrogens is 2. The number of hydrogen-bond donors (Lipinski definition) is 1. The fourth-order valence-corrected chi connectivity index (χ4v) is 4.28. The van der Waals surface area contributed by atoms with E-state index in [4.69, 9.17) is 4.42 Å². The molecule has 1 aliphatic heterocycles. The molecule has 0 radical (unpaired) electrons. The third-order valence-electron chi connectivity index (χ3n) is 5.63. The molecule has 0 saturated carbocycles. The van der Waals surface area contributed by atoms with E-state index >= 15 is 0 Å². The zero-order chi connectivity index (χ0) is 18.3. The summed E-state index contributed by atoms with van der Waals surface area (Å²) in [6.45, 7) is 0. The van der Waals surface area contributed by atoms with Gasteiger partial charge in [-0.2, -0.15) is 5.10 Å². The summed E-state index contributed by atoms with van der Waals surface area (Å²) in [7, 11) is 3.61. The van der Waals surface area contributed by atoms with Gasteiger partial charge in [-0.3, -0.25) is 14.3 Å². The third kappa shape index (κ3) is 2.91. The van der Waals surface area contributed by atoms with E-state index in [1.165, 1.54) is 0 Å². The monoisotopic (exact) mass is 356 g/mol. The highest BCUT2D eigenvalue weighted by atomic mass is 16.3. The summed E-state index contributed by atoms with van der Waals surface area (Å²) in [6, 6.07) is 1.66. The Kier molecular flexibility index (Phi) is 4.30. The van der Waals surface area contributed by atoms with Gasteiger partial charge in [0.05, 0.1) is 30.5 Å². The van der Waals surface area contributed by atoms with Crippen molar-refractivity contribution in [1.29, 1.82) is 0 Å². The number of nitrogens with zero attached hydrogens (tertiary/aromatic N) is 3. The Morgan fingerprint density at radius 2 is 2.15 bits per heavy atom. The van der Waals surface area contributed by atoms with Crippen molar-refractivity contribution in [2.45, 2.75) is 44.2 Å². The molecule has 0 spiro atoms. The van der Waals surface area contributed by atoms with Crippen molar-refractivity contribution in [2.24, 2.45) is 13.0 Å². The van der Waals surface area contributed by atoms with Gasteiger partial charge in [-0.05, 0) is 25.3 Å². The van der Waals surface area contributed by atoms with Crippen LogP contribution < -0.4 is 5.32 Å². The molecule has 1 N–H and O–H groups in total. The molecule has 3 heterocycles. The van der Waals surface area contributed by atoms with E-state index in [0.29, 0.717) is 12.8 Å². The fourth-order valence-electron chi connectivity index (χ4n) is 4.28. The van der Waals surface area contributed by atoms with E-state index in [2.05, 4.69) is 10.4 Å². The Hall–Kier alpha value is -2.57. The van der Waals surface area contributed by atoms with Crippen LogP contribution in [0.5, 0.6) is 0 Å². The quantitative estimate of drug-likeness (QED) is 0.913. The number of nitrogens with one attached hydrogen (secondary N) is 1. The van der Waals surface area contributed by atoms with Gasteiger partial charge < -0.3 is 14.6 Å². The number of furan rings is 1. The Morgan fingerprint density at radius 3 is 2.92 bits per heavy atom. The molecular weight excluding hydrogens is 332 g/mol. The second-order valence-electron chi connectivity index (χ2n) is 7.29. The van der Waals surface area contributed by atoms with Gasteiger partial charge in [-0.15, -0.1) is 0 Å². The summed E-state index contributed by atoms with van der Waals surface area (Å²) in [4.78, 5) is 27.0. The molecule has 0 bridgehead atoms. The maximum absolute atomic E-state index is 13.1. The lowest BCUT2D eigenvalue weighted by molar-refractivity contribution is -0.142. The van der Waals surface area contributed by atoms with Gasteiger partial charge in [0.1, 0.15) is 5.76 Å². The summed E-state index contributed by atoms with van der Waals surface area (Å²) in [5.74, 6) is 0.760. The van der Waals surface area contributed by atoms with Crippen molar-refractivity contribution >= 4 is 11.8 Å². The first-order valence-corrected chi connectivity index (χ1v) is 9.15. The van der Waals surface area contributed by atoms with Gasteiger partial charge in [0.15, 0.2) is 0 Å². The summed E-state index contributed by atoms with van der Waals surface area (Å²) in [6.07, 6.45) is 9.11. The Bertz CT molecular complexity index is 824. The maximum atomic E-state index is 13.1. The van der Waals surface area contributed by atoms with Crippen molar-refractivity contribution in [1.82, 2.24) is 20.0 Å². The van der Waals surface area contributed by atoms with Crippen LogP contribution in [0, 0.1) is 5.92 Å². The summed E-state index contributed by atoms with van der Waals surface area (Å²) >= 11 is 0. The van der Waals surface area contributed by atoms with Crippen molar-refractivity contribution in [3.05, 3.63) is 41.6 Å². The van der Waals surface area contributed by atoms with Crippen molar-refractivity contribution in [3.8, 4) is 0 Å². The first kappa shape index (κ1) is 16.9. The number of likely N-dealkylation sites (tertiary alicyclic amines) is 1. The van der Waals surface area contributed by atoms with Crippen LogP contribution in [0.2, 0.25) is 0 Å². The standard InChI is InChI=1S/C19H24N4O3/c1-22-11-12(10-20-22)18-14(6-7-17(24)23(18)2)19(25)21-15-4-3-5-16-13(15)8-9-26-16/h8-11,14-15,18H,3-7H2,1-2H3,(H,21,25)/t14-,15-,18+/m0/s1. The zero-order valence-corrected chi connectivity index (χ0v) is 15.1. The highest BCUT2D eigenvalue weighted by Gasteiger charge is 2.40. The lowest BCUT2D eigenvalue weighted by Crippen LogP contribution is -2.47. The molecule has 3 atom stereocenters. The third-order valence-corrected chi connectivity index (χ3v) is 5.63. The molecule has 1 saturated heterocycles. The average molecular weight is 356 g/mol. The smallest absolute Gasteiger partial charge is 0.226 e. The number of piperidine rings is 1. The second kappa shape index (κ2) is 6.63. The normalized spacial score (nSPS) is 25.8. The zero-order valence-electron chi connectivity index (χ0n) is 15.1. The highest BCUT2D eigenvalue weighted by Crippen LogP contribution is 2.37. The molecule has 7 heteroatoms. The molecule has 4 rings (SSSR count). The first-order chi connectivity index (χ1) is 12.5. The Balaban J connectivity index is 1.57. The Morgan fingerprint density at radius 1 is 1.31 bits per heavy atom. The van der Waals surface area contributed by atoms with Gasteiger partial charge >= 0.3 is 0 Å². The van der Waals surface area contributed by atoms with Crippen molar-refractivity contribution < 1.29 is 14.0 Å². The van der Waals surface area contributed by atoms with Crippen LogP contribution in [0.1, 0.15) is 54.7 Å². The van der Waals surface area contributed by atoms with Gasteiger partial charge in [0, 0.05) is 44.3 Å². The fraction of sp³-hybridized carbons (Fsp3) is 0.526. The molecule has 2 amide bonds. The van der Waals surface area contributed by atoms with Crippen LogP contribution in [0.4, 0.5) is 0 Å². The molecule has 26 heavy (non-hydrogen) atoms. The van der Waals surface area contributed by atoms with E-state index in [9.17, 15) is 9.59 Å². The molecular formula is C19H24N4O3. The number of amides is 2. The lowest BCUT2D eigenvalue weighted by atomic mass is 9.84. The van der Waals surface area contributed by atoms with Crippen molar-refractivity contribution in [2.75, 3.05) is 7.05 Å². The van der Waals surface area contributed by atoms with Crippen LogP contribution in [0.25, 0.3) is 0 Å². The summed E-state index contributed by atoms with van der Waals surface area (Å²) < 4.78 is 7.23. The average Bonchev–Trinajstić information content (AvgIpc) is 3.26. The van der Waals surface area contributed by atoms with Gasteiger partial charge in [0.25, 0.3) is 0 Å². The maximum Gasteiger partial charge on any atom is 0.226 e. The van der Waals surface area contributed by atoms with E-state index in [-0.39, 0.29) is 29.8 Å². The van der Waals surface area contributed by atoms with Gasteiger partial charge in [0.2, 0.25) is 11.8 Å². The molecule has 0 aromatic carbocycles. The minimum absolute atomic E-state index is 0.00254. The number of hydrogen-bond acceptors (Lipinski definition) is 4. The second-order valence-corrected chi connectivity index (χ2v) is 7.29. The SMILES string of the molecule is CN1C(=O)CC[C@H](C(=O)N[C@H]2CCCc3occc32)[C@H]1c1cnn(C)c1. The largest absolute Gasteiger partial charge is 0.469 e. The predicted octanol–water partition coefficient (Wildman–Crippen LogP) is 2.12. The predicted molar refractivity (Wildman–Crippen MR) is 94.0 cm³/mol. The molecule has 1 aliphatic carbocycles. The van der Waals surface area contributed by atoms with Crippen LogP contribution in [0.15, 0.2) is 29.1 Å². The van der Waals surface area contributed by atoms with Crippen LogP contribution in [0.3, 0.4) is 0 Å². The molecule has 7 nitrogen and oxygen atoms in total. The van der Waals surface area contributed by atoms with Crippen molar-refractivity contribution in [3.63, 3.8) is 0 Å². The summed E-state index contributed by atoms with van der Waals surface area (Å²) in [5, 5.41) is 7.43. The summed E-state index contributed by atoms with van der Waals surface area (Å²) in [5.41, 5.74) is 1.98. The van der Waals surface area contributed by atoms with Gasteiger partial charge in [-0.25, -0.2) is 0 Å². The van der Waals surface area contributed by atoms with Crippen LogP contribution in [-0.2, 0) is 23.1 Å². The van der Waals surface area contributed by atoms with Crippen LogP contribution >= 0.6 is 0 Å². The molecule has 2 aromatic rings. The minimum atomic E-state index is -0.280. The molecule has 138 valence electrons. The minimum Gasteiger partial charge on any atom is -0.469 e. The lowest BCUT2D eigenvalue weighted by Gasteiger charge is -2.38. The van der Waals surface area contributed by atoms with Crippen LogP contribution in [-0.4, -0.2) is 33.5 Å². The molecule has 2 aromatic heterocycles. The number of carbonyl (C=O) groups excluding carboxylic acids is 2. The van der Waals surface area contributed by atoms with Gasteiger partial charge in [-0.1, -0.05) is 0 Å². The number of aryl methyl sites for hydroxylation is 2. The van der Waals surface area contributed by atoms with E-state index in [1.54, 1.807) is 29.1 Å². The molecule has 0 unspecified atom stereocenters. The van der Waals surface area contributed by atoms with E-state index in [0.717, 1.165) is 36.1 Å². The van der Waals surface area contributed by atoms with E-state index in [1.807, 2.05) is 19.3 Å². The number of carbonyl (C=O) groups is 2. The topological polar surface area (TPSA) is 80.4 Å². The number of fused-ring (bicyclic) bond motifs is 1. The highest BCUT2D eigenvalue weighted by molar-refractivity contribution is 5.85. The first-order valence-electron chi connectivity index (χ1n) is 9.15. The number of rotatable bonds is 3. The molecule has 2 aliphatic rings. The van der Waals surface area contributed by atoms with E-state index < -0.39 is 0 Å². The Labute approximate surface area is 152 Å².